The number of benzene rings is 1. The highest BCUT2D eigenvalue weighted by atomic mass is 35.5. The molecule has 3 heteroatoms. The minimum Gasteiger partial charge on any atom is -0.489 e. The van der Waals surface area contributed by atoms with Crippen LogP contribution in [-0.4, -0.2) is 6.10 Å². The first kappa shape index (κ1) is 12.6. The minimum absolute atomic E-state index is 0.315. The Hall–Kier alpha value is -0.890. The van der Waals surface area contributed by atoms with Gasteiger partial charge in [0.25, 0.3) is 0 Å². The molecular weight excluding hydrogens is 234 g/mol. The first-order valence-electron chi connectivity index (χ1n) is 6.40. The van der Waals surface area contributed by atoms with Crippen molar-refractivity contribution in [2.45, 2.75) is 45.1 Å². The van der Waals surface area contributed by atoms with E-state index in [0.717, 1.165) is 24.5 Å². The average Bonchev–Trinajstić information content (AvgIpc) is 2.33. The monoisotopic (exact) mass is 253 g/mol. The smallest absolute Gasteiger partial charge is 0.138 e. The van der Waals surface area contributed by atoms with E-state index in [9.17, 15) is 0 Å². The van der Waals surface area contributed by atoms with E-state index >= 15 is 0 Å². The summed E-state index contributed by atoms with van der Waals surface area (Å²) in [6, 6.07) is 5.45. The van der Waals surface area contributed by atoms with E-state index < -0.39 is 0 Å². The highest BCUT2D eigenvalue weighted by Gasteiger charge is 2.22. The Bertz CT molecular complexity index is 380. The summed E-state index contributed by atoms with van der Waals surface area (Å²) < 4.78 is 5.99. The quantitative estimate of drug-likeness (QED) is 0.817. The summed E-state index contributed by atoms with van der Waals surface area (Å²) in [5.74, 6) is 1.57. The van der Waals surface area contributed by atoms with Gasteiger partial charge in [-0.25, -0.2) is 0 Å². The first-order chi connectivity index (χ1) is 8.19. The number of halogens is 1. The maximum absolute atomic E-state index is 6.11. The summed E-state index contributed by atoms with van der Waals surface area (Å²) in [6.45, 7) is 2.25. The molecule has 94 valence electrons. The van der Waals surface area contributed by atoms with Crippen molar-refractivity contribution in [2.75, 3.05) is 5.73 Å². The molecule has 2 rings (SSSR count). The number of nitrogen functional groups attached to an aromatic ring is 1. The number of nitrogens with two attached hydrogens (primary N) is 1. The zero-order valence-electron chi connectivity index (χ0n) is 10.3. The van der Waals surface area contributed by atoms with E-state index in [1.54, 1.807) is 6.07 Å². The predicted molar refractivity (Wildman–Crippen MR) is 72.5 cm³/mol. The van der Waals surface area contributed by atoms with Gasteiger partial charge in [-0.3, -0.25) is 0 Å². The van der Waals surface area contributed by atoms with Gasteiger partial charge >= 0.3 is 0 Å². The summed E-state index contributed by atoms with van der Waals surface area (Å²) in [6.07, 6.45) is 6.44. The molecule has 2 nitrogen and oxygen atoms in total. The van der Waals surface area contributed by atoms with Gasteiger partial charge in [0.2, 0.25) is 0 Å². The van der Waals surface area contributed by atoms with Crippen molar-refractivity contribution in [2.24, 2.45) is 5.92 Å². The Kier molecular flexibility index (Phi) is 4.16. The van der Waals surface area contributed by atoms with Crippen LogP contribution in [0.5, 0.6) is 5.75 Å². The Labute approximate surface area is 108 Å². The molecule has 1 aromatic rings. The third-order valence-electron chi connectivity index (χ3n) is 3.56. The number of anilines is 1. The first-order valence-corrected chi connectivity index (χ1v) is 6.78. The van der Waals surface area contributed by atoms with Crippen LogP contribution >= 0.6 is 11.6 Å². The van der Waals surface area contributed by atoms with E-state index in [2.05, 4.69) is 6.92 Å². The Morgan fingerprint density at radius 1 is 1.41 bits per heavy atom. The molecule has 0 aliphatic heterocycles. The van der Waals surface area contributed by atoms with Gasteiger partial charge in [-0.1, -0.05) is 31.4 Å². The van der Waals surface area contributed by atoms with Crippen LogP contribution in [0.2, 0.25) is 5.02 Å². The fourth-order valence-corrected chi connectivity index (χ4v) is 2.75. The molecule has 0 bridgehead atoms. The second-order valence-electron chi connectivity index (χ2n) is 4.87. The van der Waals surface area contributed by atoms with E-state index in [-0.39, 0.29) is 0 Å². The molecule has 2 N–H and O–H groups in total. The normalized spacial score (nSPS) is 24.6. The van der Waals surface area contributed by atoms with Crippen LogP contribution in [0.1, 0.15) is 39.0 Å². The van der Waals surface area contributed by atoms with Crippen LogP contribution < -0.4 is 10.5 Å². The van der Waals surface area contributed by atoms with Crippen molar-refractivity contribution in [1.82, 2.24) is 0 Å². The molecule has 0 aromatic heterocycles. The van der Waals surface area contributed by atoms with Crippen LogP contribution in [0.4, 0.5) is 5.69 Å². The molecule has 0 spiro atoms. The highest BCUT2D eigenvalue weighted by Crippen LogP contribution is 2.33. The second-order valence-corrected chi connectivity index (χ2v) is 5.28. The largest absolute Gasteiger partial charge is 0.489 e. The summed E-state index contributed by atoms with van der Waals surface area (Å²) in [5, 5.41) is 0.614. The third-order valence-corrected chi connectivity index (χ3v) is 3.86. The lowest BCUT2D eigenvalue weighted by molar-refractivity contribution is 0.122. The lowest BCUT2D eigenvalue weighted by Gasteiger charge is -2.29. The van der Waals surface area contributed by atoms with Gasteiger partial charge in [0, 0.05) is 5.69 Å². The fraction of sp³-hybridized carbons (Fsp3) is 0.571. The Morgan fingerprint density at radius 2 is 2.24 bits per heavy atom. The minimum atomic E-state index is 0.315. The molecule has 1 aliphatic rings. The van der Waals surface area contributed by atoms with Gasteiger partial charge in [-0.15, -0.1) is 0 Å². The van der Waals surface area contributed by atoms with Crippen molar-refractivity contribution in [3.8, 4) is 5.75 Å². The van der Waals surface area contributed by atoms with Gasteiger partial charge in [-0.05, 0) is 43.4 Å². The lowest BCUT2D eigenvalue weighted by Crippen LogP contribution is -2.25. The molecule has 1 saturated carbocycles. The molecule has 1 aromatic carbocycles. The Morgan fingerprint density at radius 3 is 2.94 bits per heavy atom. The molecular formula is C14H20ClNO. The maximum Gasteiger partial charge on any atom is 0.138 e. The van der Waals surface area contributed by atoms with Gasteiger partial charge in [0.15, 0.2) is 0 Å². The standard InChI is InChI=1S/C14H20ClNO/c1-2-10-4-3-5-12(8-10)17-14-7-6-11(16)9-13(14)15/h6-7,9-10,12H,2-5,8,16H2,1H3. The Balaban J connectivity index is 2.00. The van der Waals surface area contributed by atoms with E-state index in [4.69, 9.17) is 22.1 Å². The van der Waals surface area contributed by atoms with Crippen LogP contribution in [-0.2, 0) is 0 Å². The predicted octanol–water partition coefficient (Wildman–Crippen LogP) is 4.27. The van der Waals surface area contributed by atoms with Crippen LogP contribution in [0, 0.1) is 5.92 Å². The van der Waals surface area contributed by atoms with Crippen molar-refractivity contribution in [3.63, 3.8) is 0 Å². The number of hydrogen-bond acceptors (Lipinski definition) is 2. The third kappa shape index (κ3) is 3.29. The van der Waals surface area contributed by atoms with Crippen molar-refractivity contribution in [1.29, 1.82) is 0 Å². The zero-order chi connectivity index (χ0) is 12.3. The SMILES string of the molecule is CCC1CCCC(Oc2ccc(N)cc2Cl)C1. The van der Waals surface area contributed by atoms with Crippen molar-refractivity contribution >= 4 is 17.3 Å². The van der Waals surface area contributed by atoms with E-state index in [0.29, 0.717) is 16.8 Å². The fourth-order valence-electron chi connectivity index (χ4n) is 2.51. The van der Waals surface area contributed by atoms with Crippen LogP contribution in [0.3, 0.4) is 0 Å². The summed E-state index contributed by atoms with van der Waals surface area (Å²) in [5.41, 5.74) is 6.34. The average molecular weight is 254 g/mol. The van der Waals surface area contributed by atoms with Crippen LogP contribution in [0.15, 0.2) is 18.2 Å². The number of rotatable bonds is 3. The number of ether oxygens (including phenoxy) is 1. The van der Waals surface area contributed by atoms with Gasteiger partial charge in [0.05, 0.1) is 11.1 Å². The summed E-state index contributed by atoms with van der Waals surface area (Å²) in [7, 11) is 0. The highest BCUT2D eigenvalue weighted by molar-refractivity contribution is 6.32. The lowest BCUT2D eigenvalue weighted by atomic mass is 9.85. The summed E-state index contributed by atoms with van der Waals surface area (Å²) in [4.78, 5) is 0. The molecule has 0 saturated heterocycles. The van der Waals surface area contributed by atoms with Gasteiger partial charge in [-0.2, -0.15) is 0 Å². The molecule has 0 amide bonds. The topological polar surface area (TPSA) is 35.2 Å². The van der Waals surface area contributed by atoms with Gasteiger partial charge in [0.1, 0.15) is 5.75 Å². The van der Waals surface area contributed by atoms with E-state index in [1.807, 2.05) is 12.1 Å². The molecule has 0 heterocycles. The second kappa shape index (κ2) is 5.63. The molecule has 17 heavy (non-hydrogen) atoms. The molecule has 2 unspecified atom stereocenters. The summed E-state index contributed by atoms with van der Waals surface area (Å²) >= 11 is 6.11. The molecule has 2 atom stereocenters. The van der Waals surface area contributed by atoms with Crippen molar-refractivity contribution < 1.29 is 4.74 Å². The van der Waals surface area contributed by atoms with Gasteiger partial charge < -0.3 is 10.5 Å². The molecule has 1 aliphatic carbocycles. The van der Waals surface area contributed by atoms with E-state index in [1.165, 1.54) is 19.3 Å². The maximum atomic E-state index is 6.11. The molecule has 0 radical (unpaired) electrons. The van der Waals surface area contributed by atoms with Crippen LogP contribution in [0.25, 0.3) is 0 Å². The zero-order valence-corrected chi connectivity index (χ0v) is 11.0. The van der Waals surface area contributed by atoms with Crippen molar-refractivity contribution in [3.05, 3.63) is 23.2 Å². The number of hydrogen-bond donors (Lipinski definition) is 1. The molecule has 1 fully saturated rings.